The number of anilines is 1. The van der Waals surface area contributed by atoms with Crippen LogP contribution >= 0.6 is 0 Å². The van der Waals surface area contributed by atoms with Crippen molar-refractivity contribution < 1.29 is 98.7 Å². The maximum Gasteiger partial charge on any atom is 0.335 e. The van der Waals surface area contributed by atoms with E-state index in [0.29, 0.717) is 50.8 Å². The number of allylic oxidation sites excluding steroid dienone is 6. The van der Waals surface area contributed by atoms with E-state index in [2.05, 4.69) is 0 Å². The molecule has 7 N–H and O–H groups in total. The van der Waals surface area contributed by atoms with Crippen LogP contribution in [0.15, 0.2) is 116 Å². The average Bonchev–Trinajstić information content (AvgIpc) is 3.84. The standard InChI is InChI=1S/C47H51N3O21S5/c1-46(2)39(48(20-23-70-21-17-43(53)71-50-41(51)15-16-42(50)52)35-13-11-31-33(44(35)46)25-29(73(57,58)59)27-37(31)75(63,64)65)9-6-5-7-10-40-47(3,18-8-24-72(54,55)56)45-34-26-30(74(60,61)62)28-38(76(66,67)68)32(34)12-14-36(45)49(40)19-22-69-4/h5-7,9-16,25-28H,8,17-24H2,1-4H3,(H6-,51,52,54,55,56,57,58,59,60,61,62,63,64,65,66,67,68)/p+1. The van der Waals surface area contributed by atoms with Gasteiger partial charge >= 0.3 is 5.97 Å². The summed E-state index contributed by atoms with van der Waals surface area (Å²) in [6, 6.07) is 11.3. The maximum atomic E-state index is 12.7. The minimum absolute atomic E-state index is 0.0230. The van der Waals surface area contributed by atoms with E-state index in [4.69, 9.17) is 14.3 Å². The summed E-state index contributed by atoms with van der Waals surface area (Å²) in [7, 11) is -23.4. The summed E-state index contributed by atoms with van der Waals surface area (Å²) in [5.74, 6) is -2.62. The average molecular weight is 1160 g/mol. The van der Waals surface area contributed by atoms with Crippen LogP contribution in [0.3, 0.4) is 0 Å². The van der Waals surface area contributed by atoms with Crippen LogP contribution in [0, 0.1) is 0 Å². The molecule has 7 rings (SSSR count). The van der Waals surface area contributed by atoms with Crippen LogP contribution in [0.2, 0.25) is 0 Å². The van der Waals surface area contributed by atoms with Gasteiger partial charge in [-0.15, -0.1) is 4.73 Å². The molecule has 0 spiro atoms. The van der Waals surface area contributed by atoms with E-state index in [9.17, 15) is 79.9 Å². The van der Waals surface area contributed by atoms with Gasteiger partial charge in [-0.25, -0.2) is 4.79 Å². The third-order valence-electron chi connectivity index (χ3n) is 13.0. The number of rotatable bonds is 21. The second-order valence-electron chi connectivity index (χ2n) is 18.3. The Morgan fingerprint density at radius 2 is 1.24 bits per heavy atom. The zero-order chi connectivity index (χ0) is 56.1. The zero-order valence-electron chi connectivity index (χ0n) is 40.8. The number of hydrogen-bond acceptors (Lipinski definition) is 17. The second kappa shape index (κ2) is 21.0. The SMILES string of the molecule is COCCN1C(=CC=CC=CC2=[N+](CCOCCC(=O)On3c(O)ccc3O)c3ccc4c(S(=O)(=O)O)cc(S(=O)(=O)O)cc4c3C2(C)C)C(C)(CCCS(=O)(=O)O)c2c1ccc1c(S(=O)(=O)O)cc(S(=O)(=O)O)cc21. The summed E-state index contributed by atoms with van der Waals surface area (Å²) >= 11 is 0. The van der Waals surface area contributed by atoms with Crippen LogP contribution in [0.4, 0.5) is 11.4 Å². The third kappa shape index (κ3) is 11.7. The van der Waals surface area contributed by atoms with Gasteiger partial charge in [0.15, 0.2) is 12.3 Å². The minimum Gasteiger partial charge on any atom is -0.492 e. The van der Waals surface area contributed by atoms with Crippen molar-refractivity contribution in [1.82, 2.24) is 4.73 Å². The molecule has 29 heteroatoms. The highest BCUT2D eigenvalue weighted by Gasteiger charge is 2.47. The Bertz CT molecular complexity index is 3900. The van der Waals surface area contributed by atoms with Gasteiger partial charge in [-0.3, -0.25) is 22.8 Å². The molecule has 0 saturated carbocycles. The summed E-state index contributed by atoms with van der Waals surface area (Å²) in [4.78, 5) is 16.0. The molecule has 0 bridgehead atoms. The van der Waals surface area contributed by atoms with Gasteiger partial charge in [0.25, 0.3) is 50.6 Å². The fourth-order valence-electron chi connectivity index (χ4n) is 9.80. The van der Waals surface area contributed by atoms with Crippen LogP contribution in [-0.4, -0.2) is 142 Å². The Morgan fingerprint density at radius 1 is 0.671 bits per heavy atom. The minimum atomic E-state index is -5.12. The molecule has 0 fully saturated rings. The van der Waals surface area contributed by atoms with E-state index in [0.717, 1.165) is 24.3 Å². The summed E-state index contributed by atoms with van der Waals surface area (Å²) < 4.78 is 189. The van der Waals surface area contributed by atoms with Crippen molar-refractivity contribution in [3.63, 3.8) is 0 Å². The van der Waals surface area contributed by atoms with Gasteiger partial charge in [-0.1, -0.05) is 24.3 Å². The number of aromatic nitrogens is 1. The predicted molar refractivity (Wildman–Crippen MR) is 273 cm³/mol. The predicted octanol–water partition coefficient (Wildman–Crippen LogP) is 4.72. The zero-order valence-corrected chi connectivity index (χ0v) is 44.8. The topological polar surface area (TPSA) is 368 Å². The maximum absolute atomic E-state index is 12.7. The highest BCUT2D eigenvalue weighted by Crippen LogP contribution is 2.54. The van der Waals surface area contributed by atoms with Crippen molar-refractivity contribution in [3.05, 3.63) is 108 Å². The lowest BCUT2D eigenvalue weighted by Crippen LogP contribution is -2.31. The quantitative estimate of drug-likeness (QED) is 0.0226. The van der Waals surface area contributed by atoms with Gasteiger partial charge in [0.2, 0.25) is 17.4 Å². The van der Waals surface area contributed by atoms with Gasteiger partial charge < -0.3 is 29.4 Å². The Morgan fingerprint density at radius 3 is 1.78 bits per heavy atom. The first kappa shape index (κ1) is 57.6. The van der Waals surface area contributed by atoms with Crippen molar-refractivity contribution >= 4 is 95.2 Å². The van der Waals surface area contributed by atoms with Crippen LogP contribution < -0.4 is 9.74 Å². The summed E-state index contributed by atoms with van der Waals surface area (Å²) in [5.41, 5.74) is 0.0220. The molecule has 410 valence electrons. The fraction of sp³-hybridized carbons (Fsp3) is 0.319. The van der Waals surface area contributed by atoms with E-state index < -0.39 is 104 Å². The molecule has 2 aliphatic heterocycles. The molecule has 2 aliphatic rings. The van der Waals surface area contributed by atoms with Gasteiger partial charge in [0.1, 0.15) is 16.4 Å². The van der Waals surface area contributed by atoms with Crippen molar-refractivity contribution in [2.24, 2.45) is 0 Å². The molecule has 0 radical (unpaired) electrons. The first-order chi connectivity index (χ1) is 35.2. The van der Waals surface area contributed by atoms with Gasteiger partial charge in [0, 0.05) is 71.1 Å². The molecule has 0 amide bonds. The molecule has 5 aromatic rings. The first-order valence-electron chi connectivity index (χ1n) is 22.6. The Labute approximate surface area is 437 Å². The van der Waals surface area contributed by atoms with Crippen LogP contribution in [0.5, 0.6) is 11.8 Å². The van der Waals surface area contributed by atoms with Crippen molar-refractivity contribution in [2.75, 3.05) is 50.7 Å². The van der Waals surface area contributed by atoms with Crippen LogP contribution in [0.1, 0.15) is 51.2 Å². The second-order valence-corrected chi connectivity index (χ2v) is 25.5. The number of benzene rings is 4. The molecule has 0 aliphatic carbocycles. The number of fused-ring (bicyclic) bond motifs is 6. The number of hydrogen-bond donors (Lipinski definition) is 7. The molecule has 0 saturated heterocycles. The molecule has 24 nitrogen and oxygen atoms in total. The molecule has 4 aromatic carbocycles. The van der Waals surface area contributed by atoms with Gasteiger partial charge in [-0.05, 0) is 92.4 Å². The van der Waals surface area contributed by atoms with Gasteiger partial charge in [-0.2, -0.15) is 46.7 Å². The lowest BCUT2D eigenvalue weighted by Gasteiger charge is -2.30. The Kier molecular flexibility index (Phi) is 15.9. The molecule has 1 atom stereocenters. The summed E-state index contributed by atoms with van der Waals surface area (Å²) in [6.07, 6.45) is 7.63. The Hall–Kier alpha value is -6.09. The largest absolute Gasteiger partial charge is 0.492 e. The smallest absolute Gasteiger partial charge is 0.335 e. The van der Waals surface area contributed by atoms with Crippen LogP contribution in [0.25, 0.3) is 21.5 Å². The third-order valence-corrected chi connectivity index (χ3v) is 17.3. The van der Waals surface area contributed by atoms with E-state index >= 15 is 0 Å². The monoisotopic (exact) mass is 1150 g/mol. The molecule has 1 unspecified atom stereocenters. The highest BCUT2D eigenvalue weighted by molar-refractivity contribution is 7.87. The highest BCUT2D eigenvalue weighted by atomic mass is 32.2. The molecule has 3 heterocycles. The van der Waals surface area contributed by atoms with Crippen LogP contribution in [-0.2, 0) is 75.7 Å². The van der Waals surface area contributed by atoms with E-state index in [1.807, 2.05) is 0 Å². The summed E-state index contributed by atoms with van der Waals surface area (Å²) in [6.45, 7) is 5.21. The fourth-order valence-corrected chi connectivity index (χ4v) is 13.0. The lowest BCUT2D eigenvalue weighted by atomic mass is 9.75. The van der Waals surface area contributed by atoms with Crippen molar-refractivity contribution in [3.8, 4) is 11.8 Å². The van der Waals surface area contributed by atoms with Crippen molar-refractivity contribution in [1.29, 1.82) is 0 Å². The van der Waals surface area contributed by atoms with Gasteiger partial charge in [0.05, 0.1) is 40.6 Å². The van der Waals surface area contributed by atoms with E-state index in [1.54, 1.807) is 66.7 Å². The number of nitrogens with zero attached hydrogens (tertiary/aromatic N) is 3. The summed E-state index contributed by atoms with van der Waals surface area (Å²) in [5, 5.41) is 19.5. The normalized spacial score (nSPS) is 17.8. The number of methoxy groups -OCH3 is 1. The molecular formula is C47H52N3O21S5+. The molecular weight excluding hydrogens is 1100 g/mol. The Balaban J connectivity index is 1.33. The van der Waals surface area contributed by atoms with E-state index in [-0.39, 0.29) is 73.7 Å². The molecule has 76 heavy (non-hydrogen) atoms. The number of ether oxygens (including phenoxy) is 2. The number of aromatic hydroxyl groups is 2. The van der Waals surface area contributed by atoms with E-state index in [1.165, 1.54) is 25.3 Å². The number of carbonyl (C=O) groups excluding carboxylic acids is 1. The number of carbonyl (C=O) groups is 1. The van der Waals surface area contributed by atoms with Crippen molar-refractivity contribution in [2.45, 2.75) is 70.4 Å². The lowest BCUT2D eigenvalue weighted by molar-refractivity contribution is -0.442. The molecule has 1 aromatic heterocycles. The first-order valence-corrected chi connectivity index (χ1v) is 30.0.